The zero-order valence-corrected chi connectivity index (χ0v) is 15.9. The Balaban J connectivity index is 1.96. The third-order valence-electron chi connectivity index (χ3n) is 4.57. The van der Waals surface area contributed by atoms with Crippen molar-refractivity contribution >= 4 is 27.6 Å². The van der Waals surface area contributed by atoms with Gasteiger partial charge in [0.15, 0.2) is 0 Å². The molecule has 0 aliphatic heterocycles. The Bertz CT molecular complexity index is 920. The number of aryl methyl sites for hydroxylation is 1. The first kappa shape index (κ1) is 19.0. The van der Waals surface area contributed by atoms with Crippen LogP contribution in [0.15, 0.2) is 29.3 Å². The molecule has 2 unspecified atom stereocenters. The van der Waals surface area contributed by atoms with Crippen LogP contribution in [0.2, 0.25) is 5.02 Å². The standard InChI is InChI=1S/C17H21ClN4O3S/c1-10-12(9-20-17(19)21-10)11-6-7-13(18)16(8-11)26(24,25)22-14-4-2-3-5-15(14)23/h6-9,14-15,22-23H,2-5H2,1H3,(H2,19,20,21). The molecular weight excluding hydrogens is 376 g/mol. The van der Waals surface area contributed by atoms with E-state index in [0.29, 0.717) is 29.7 Å². The fraction of sp³-hybridized carbons (Fsp3) is 0.412. The third-order valence-corrected chi connectivity index (χ3v) is 6.54. The van der Waals surface area contributed by atoms with E-state index in [1.807, 2.05) is 0 Å². The lowest BCUT2D eigenvalue weighted by Gasteiger charge is -2.28. The molecule has 4 N–H and O–H groups in total. The molecule has 0 spiro atoms. The number of halogens is 1. The maximum Gasteiger partial charge on any atom is 0.242 e. The Morgan fingerprint density at radius 2 is 2.04 bits per heavy atom. The maximum atomic E-state index is 12.8. The van der Waals surface area contributed by atoms with Crippen LogP contribution in [0.3, 0.4) is 0 Å². The highest BCUT2D eigenvalue weighted by Crippen LogP contribution is 2.30. The van der Waals surface area contributed by atoms with Crippen LogP contribution in [0.4, 0.5) is 5.95 Å². The van der Waals surface area contributed by atoms with Crippen molar-refractivity contribution in [3.8, 4) is 11.1 Å². The van der Waals surface area contributed by atoms with Gasteiger partial charge < -0.3 is 10.8 Å². The normalized spacial score (nSPS) is 20.9. The molecule has 2 aromatic rings. The number of nitrogens with two attached hydrogens (primary N) is 1. The Kier molecular flexibility index (Phi) is 5.47. The molecule has 26 heavy (non-hydrogen) atoms. The number of aromatic nitrogens is 2. The van der Waals surface area contributed by atoms with Crippen LogP contribution in [0, 0.1) is 6.92 Å². The number of anilines is 1. The molecule has 3 rings (SSSR count). The van der Waals surface area contributed by atoms with Gasteiger partial charge in [-0.1, -0.05) is 30.5 Å². The summed E-state index contributed by atoms with van der Waals surface area (Å²) in [6, 6.07) is 4.22. The quantitative estimate of drug-likeness (QED) is 0.729. The van der Waals surface area contributed by atoms with Crippen LogP contribution < -0.4 is 10.5 Å². The van der Waals surface area contributed by atoms with Crippen LogP contribution in [0.1, 0.15) is 31.4 Å². The molecule has 0 amide bonds. The lowest BCUT2D eigenvalue weighted by molar-refractivity contribution is 0.101. The highest BCUT2D eigenvalue weighted by atomic mass is 35.5. The van der Waals surface area contributed by atoms with Crippen LogP contribution in [0.5, 0.6) is 0 Å². The molecular formula is C17H21ClN4O3S. The van der Waals surface area contributed by atoms with Gasteiger partial charge >= 0.3 is 0 Å². The third kappa shape index (κ3) is 3.98. The molecule has 0 saturated heterocycles. The highest BCUT2D eigenvalue weighted by molar-refractivity contribution is 7.89. The van der Waals surface area contributed by atoms with E-state index in [1.165, 1.54) is 12.1 Å². The molecule has 140 valence electrons. The molecule has 0 bridgehead atoms. The fourth-order valence-electron chi connectivity index (χ4n) is 3.16. The summed E-state index contributed by atoms with van der Waals surface area (Å²) in [5.74, 6) is 0.154. The van der Waals surface area contributed by atoms with Gasteiger partial charge in [0, 0.05) is 17.8 Å². The Morgan fingerprint density at radius 1 is 1.31 bits per heavy atom. The van der Waals surface area contributed by atoms with Crippen molar-refractivity contribution in [3.63, 3.8) is 0 Å². The number of hydrogen-bond acceptors (Lipinski definition) is 6. The van der Waals surface area contributed by atoms with E-state index in [2.05, 4.69) is 14.7 Å². The minimum absolute atomic E-state index is 0.0364. The first-order valence-electron chi connectivity index (χ1n) is 8.37. The Hall–Kier alpha value is -1.74. The van der Waals surface area contributed by atoms with Gasteiger partial charge in [-0.2, -0.15) is 0 Å². The predicted octanol–water partition coefficient (Wildman–Crippen LogP) is 2.27. The summed E-state index contributed by atoms with van der Waals surface area (Å²) in [5.41, 5.74) is 7.50. The van der Waals surface area contributed by atoms with E-state index in [0.717, 1.165) is 12.8 Å². The van der Waals surface area contributed by atoms with Crippen molar-refractivity contribution in [2.24, 2.45) is 0 Å². The second-order valence-corrected chi connectivity index (χ2v) is 8.54. The first-order valence-corrected chi connectivity index (χ1v) is 10.2. The van der Waals surface area contributed by atoms with E-state index in [1.54, 1.807) is 19.2 Å². The molecule has 1 heterocycles. The smallest absolute Gasteiger partial charge is 0.242 e. The van der Waals surface area contributed by atoms with E-state index >= 15 is 0 Å². The number of benzene rings is 1. The molecule has 0 radical (unpaired) electrons. The Morgan fingerprint density at radius 3 is 2.73 bits per heavy atom. The van der Waals surface area contributed by atoms with E-state index in [9.17, 15) is 13.5 Å². The summed E-state index contributed by atoms with van der Waals surface area (Å²) in [6.07, 6.45) is 3.82. The molecule has 9 heteroatoms. The minimum Gasteiger partial charge on any atom is -0.391 e. The number of sulfonamides is 1. The van der Waals surface area contributed by atoms with Crippen LogP contribution >= 0.6 is 11.6 Å². The molecule has 1 aliphatic carbocycles. The molecule has 7 nitrogen and oxygen atoms in total. The fourth-order valence-corrected chi connectivity index (χ4v) is 4.99. The average Bonchev–Trinajstić information content (AvgIpc) is 2.57. The number of aliphatic hydroxyl groups excluding tert-OH is 1. The van der Waals surface area contributed by atoms with Crippen LogP contribution in [0.25, 0.3) is 11.1 Å². The molecule has 1 saturated carbocycles. The topological polar surface area (TPSA) is 118 Å². The zero-order chi connectivity index (χ0) is 18.9. The highest BCUT2D eigenvalue weighted by Gasteiger charge is 2.29. The van der Waals surface area contributed by atoms with Gasteiger partial charge in [-0.05, 0) is 37.5 Å². The lowest BCUT2D eigenvalue weighted by atomic mass is 9.93. The monoisotopic (exact) mass is 396 g/mol. The predicted molar refractivity (Wildman–Crippen MR) is 100 cm³/mol. The van der Waals surface area contributed by atoms with Crippen molar-refractivity contribution in [3.05, 3.63) is 35.1 Å². The van der Waals surface area contributed by atoms with Gasteiger partial charge in [-0.25, -0.2) is 23.1 Å². The number of aliphatic hydroxyl groups is 1. The van der Waals surface area contributed by atoms with E-state index in [-0.39, 0.29) is 15.9 Å². The molecule has 1 fully saturated rings. The molecule has 2 atom stereocenters. The summed E-state index contributed by atoms with van der Waals surface area (Å²) in [5, 5.41) is 10.2. The number of nitrogens with zero attached hydrogens (tertiary/aromatic N) is 2. The summed E-state index contributed by atoms with van der Waals surface area (Å²) >= 11 is 6.15. The summed E-state index contributed by atoms with van der Waals surface area (Å²) < 4.78 is 28.3. The second-order valence-electron chi connectivity index (χ2n) is 6.45. The largest absolute Gasteiger partial charge is 0.391 e. The number of hydrogen-bond donors (Lipinski definition) is 3. The summed E-state index contributed by atoms with van der Waals surface area (Å²) in [4.78, 5) is 8.04. The average molecular weight is 397 g/mol. The van der Waals surface area contributed by atoms with Crippen molar-refractivity contribution in [1.29, 1.82) is 0 Å². The molecule has 1 aromatic heterocycles. The van der Waals surface area contributed by atoms with E-state index in [4.69, 9.17) is 17.3 Å². The van der Waals surface area contributed by atoms with Gasteiger partial charge in [-0.3, -0.25) is 0 Å². The lowest BCUT2D eigenvalue weighted by Crippen LogP contribution is -2.45. The van der Waals surface area contributed by atoms with Crippen molar-refractivity contribution in [1.82, 2.24) is 14.7 Å². The number of rotatable bonds is 4. The first-order chi connectivity index (χ1) is 12.3. The number of nitrogen functional groups attached to an aromatic ring is 1. The SMILES string of the molecule is Cc1nc(N)ncc1-c1ccc(Cl)c(S(=O)(=O)NC2CCCCC2O)c1. The zero-order valence-electron chi connectivity index (χ0n) is 14.3. The summed E-state index contributed by atoms with van der Waals surface area (Å²) in [6.45, 7) is 1.77. The van der Waals surface area contributed by atoms with Crippen molar-refractivity contribution < 1.29 is 13.5 Å². The molecule has 1 aromatic carbocycles. The van der Waals surface area contributed by atoms with Gasteiger partial charge in [-0.15, -0.1) is 0 Å². The van der Waals surface area contributed by atoms with Gasteiger partial charge in [0.05, 0.1) is 16.8 Å². The van der Waals surface area contributed by atoms with Crippen molar-refractivity contribution in [2.45, 2.75) is 49.6 Å². The van der Waals surface area contributed by atoms with E-state index < -0.39 is 22.2 Å². The number of nitrogens with one attached hydrogen (secondary N) is 1. The van der Waals surface area contributed by atoms with Crippen molar-refractivity contribution in [2.75, 3.05) is 5.73 Å². The molecule has 1 aliphatic rings. The summed E-state index contributed by atoms with van der Waals surface area (Å²) in [7, 11) is -3.88. The Labute approximate surface area is 157 Å². The second kappa shape index (κ2) is 7.48. The van der Waals surface area contributed by atoms with Gasteiger partial charge in [0.25, 0.3) is 0 Å². The van der Waals surface area contributed by atoms with Crippen LogP contribution in [-0.4, -0.2) is 35.6 Å². The van der Waals surface area contributed by atoms with Crippen LogP contribution in [-0.2, 0) is 10.0 Å². The maximum absolute atomic E-state index is 12.8. The van der Waals surface area contributed by atoms with Gasteiger partial charge in [0.1, 0.15) is 4.90 Å². The minimum atomic E-state index is -3.88. The van der Waals surface area contributed by atoms with Gasteiger partial charge in [0.2, 0.25) is 16.0 Å².